The van der Waals surface area contributed by atoms with Crippen molar-refractivity contribution < 1.29 is 22.4 Å². The van der Waals surface area contributed by atoms with Crippen molar-refractivity contribution in [3.8, 4) is 0 Å². The smallest absolute Gasteiger partial charge is 0.347 e. The van der Waals surface area contributed by atoms with Crippen LogP contribution in [-0.2, 0) is 4.79 Å². The van der Waals surface area contributed by atoms with E-state index in [0.29, 0.717) is 6.42 Å². The van der Waals surface area contributed by atoms with Crippen LogP contribution in [-0.4, -0.2) is 35.3 Å². The first kappa shape index (κ1) is 14.6. The van der Waals surface area contributed by atoms with E-state index in [1.807, 2.05) is 12.2 Å². The molecule has 0 spiro atoms. The fourth-order valence-corrected chi connectivity index (χ4v) is 3.07. The predicted octanol–water partition coefficient (Wildman–Crippen LogP) is 2.68. The third-order valence-electron chi connectivity index (χ3n) is 2.73. The van der Waals surface area contributed by atoms with Gasteiger partial charge < -0.3 is 5.32 Å². The Morgan fingerprint density at radius 1 is 1.47 bits per heavy atom. The van der Waals surface area contributed by atoms with Crippen molar-refractivity contribution in [3.63, 3.8) is 0 Å². The number of alkyl halides is 4. The lowest BCUT2D eigenvalue weighted by molar-refractivity contribution is -0.170. The van der Waals surface area contributed by atoms with E-state index in [-0.39, 0.29) is 5.25 Å². The number of nitrogens with one attached hydrogen (secondary N) is 1. The van der Waals surface area contributed by atoms with E-state index in [1.165, 1.54) is 0 Å². The van der Waals surface area contributed by atoms with Gasteiger partial charge in [-0.1, -0.05) is 13.3 Å². The normalized spacial score (nSPS) is 25.3. The molecule has 0 radical (unpaired) electrons. The topological polar surface area (TPSA) is 29.1 Å². The van der Waals surface area contributed by atoms with E-state index in [1.54, 1.807) is 11.8 Å². The molecule has 1 amide bonds. The van der Waals surface area contributed by atoms with Gasteiger partial charge >= 0.3 is 12.3 Å². The summed E-state index contributed by atoms with van der Waals surface area (Å²) in [5.74, 6) is -5.65. The van der Waals surface area contributed by atoms with E-state index in [9.17, 15) is 22.4 Å². The van der Waals surface area contributed by atoms with E-state index >= 15 is 0 Å². The summed E-state index contributed by atoms with van der Waals surface area (Å²) in [6.45, 7) is 1.93. The van der Waals surface area contributed by atoms with Gasteiger partial charge in [-0.15, -0.1) is 0 Å². The first-order valence-corrected chi connectivity index (χ1v) is 6.53. The minimum absolute atomic E-state index is 0.0532. The van der Waals surface area contributed by atoms with Crippen LogP contribution in [0.25, 0.3) is 0 Å². The van der Waals surface area contributed by atoms with Gasteiger partial charge in [0.2, 0.25) is 0 Å². The number of hydrogen-bond acceptors (Lipinski definition) is 2. The van der Waals surface area contributed by atoms with Crippen molar-refractivity contribution in [1.82, 2.24) is 5.32 Å². The molecule has 2 nitrogen and oxygen atoms in total. The van der Waals surface area contributed by atoms with Crippen molar-refractivity contribution in [2.45, 2.75) is 49.8 Å². The van der Waals surface area contributed by atoms with Crippen molar-refractivity contribution in [2.75, 3.05) is 5.75 Å². The average Bonchev–Trinajstić information content (AvgIpc) is 2.66. The molecule has 0 heterocycles. The zero-order chi connectivity index (χ0) is 13.1. The largest absolute Gasteiger partial charge is 0.383 e. The Kier molecular flexibility index (Phi) is 5.09. The molecule has 2 atom stereocenters. The van der Waals surface area contributed by atoms with Gasteiger partial charge in [0.1, 0.15) is 0 Å². The predicted molar refractivity (Wildman–Crippen MR) is 58.7 cm³/mol. The number of carbonyl (C=O) groups excluding carboxylic acids is 1. The number of rotatable bonds is 5. The molecular weight excluding hydrogens is 258 g/mol. The summed E-state index contributed by atoms with van der Waals surface area (Å²) < 4.78 is 49.4. The lowest BCUT2D eigenvalue weighted by atomic mass is 10.2. The van der Waals surface area contributed by atoms with Crippen LogP contribution in [0.5, 0.6) is 0 Å². The van der Waals surface area contributed by atoms with Gasteiger partial charge in [-0.05, 0) is 18.6 Å². The summed E-state index contributed by atoms with van der Waals surface area (Å²) in [7, 11) is 0. The highest BCUT2D eigenvalue weighted by molar-refractivity contribution is 7.99. The van der Waals surface area contributed by atoms with Crippen molar-refractivity contribution in [2.24, 2.45) is 0 Å². The molecule has 1 fully saturated rings. The van der Waals surface area contributed by atoms with Crippen molar-refractivity contribution in [1.29, 1.82) is 0 Å². The van der Waals surface area contributed by atoms with Crippen LogP contribution in [0.1, 0.15) is 26.2 Å². The molecule has 0 bridgehead atoms. The van der Waals surface area contributed by atoms with E-state index in [4.69, 9.17) is 0 Å². The quantitative estimate of drug-likeness (QED) is 0.780. The SMILES string of the molecule is CCSC1CCCC1NC(=O)C(F)(F)C(F)F. The first-order chi connectivity index (χ1) is 7.89. The molecule has 0 aromatic carbocycles. The number of halogens is 4. The lowest BCUT2D eigenvalue weighted by Gasteiger charge is -2.23. The van der Waals surface area contributed by atoms with Crippen LogP contribution in [0.15, 0.2) is 0 Å². The second-order valence-electron chi connectivity index (χ2n) is 3.93. The van der Waals surface area contributed by atoms with Gasteiger partial charge in [-0.3, -0.25) is 4.79 Å². The molecule has 1 aliphatic rings. The van der Waals surface area contributed by atoms with Crippen LogP contribution in [0.3, 0.4) is 0 Å². The Morgan fingerprint density at radius 3 is 2.65 bits per heavy atom. The van der Waals surface area contributed by atoms with Crippen LogP contribution in [0.2, 0.25) is 0 Å². The van der Waals surface area contributed by atoms with Crippen LogP contribution in [0, 0.1) is 0 Å². The zero-order valence-electron chi connectivity index (χ0n) is 9.39. The highest BCUT2D eigenvalue weighted by atomic mass is 32.2. The van der Waals surface area contributed by atoms with Crippen LogP contribution in [0.4, 0.5) is 17.6 Å². The Labute approximate surface area is 102 Å². The molecule has 1 saturated carbocycles. The molecule has 0 aromatic rings. The van der Waals surface area contributed by atoms with Gasteiger partial charge in [0.25, 0.3) is 5.91 Å². The fraction of sp³-hybridized carbons (Fsp3) is 0.900. The third-order valence-corrected chi connectivity index (χ3v) is 4.05. The van der Waals surface area contributed by atoms with Gasteiger partial charge in [-0.25, -0.2) is 8.78 Å². The molecular formula is C10H15F4NOS. The maximum absolute atomic E-state index is 12.7. The highest BCUT2D eigenvalue weighted by Gasteiger charge is 2.50. The average molecular weight is 273 g/mol. The Balaban J connectivity index is 2.56. The number of amides is 1. The summed E-state index contributed by atoms with van der Waals surface area (Å²) in [6, 6.07) is -0.419. The van der Waals surface area contributed by atoms with Crippen molar-refractivity contribution >= 4 is 17.7 Å². The summed E-state index contributed by atoms with van der Waals surface area (Å²) in [6.07, 6.45) is -1.74. The highest BCUT2D eigenvalue weighted by Crippen LogP contribution is 2.31. The summed E-state index contributed by atoms with van der Waals surface area (Å²) >= 11 is 1.56. The Hall–Kier alpha value is -0.460. The van der Waals surface area contributed by atoms with Gasteiger partial charge in [0, 0.05) is 11.3 Å². The number of hydrogen-bond donors (Lipinski definition) is 1. The molecule has 17 heavy (non-hydrogen) atoms. The minimum Gasteiger partial charge on any atom is -0.347 e. The lowest BCUT2D eigenvalue weighted by Crippen LogP contribution is -2.50. The molecule has 1 rings (SSSR count). The van der Waals surface area contributed by atoms with E-state index in [0.717, 1.165) is 18.6 Å². The molecule has 0 aliphatic heterocycles. The molecule has 0 saturated heterocycles. The monoisotopic (exact) mass is 273 g/mol. The van der Waals surface area contributed by atoms with Crippen molar-refractivity contribution in [3.05, 3.63) is 0 Å². The fourth-order valence-electron chi connectivity index (χ4n) is 1.87. The maximum Gasteiger partial charge on any atom is 0.383 e. The first-order valence-electron chi connectivity index (χ1n) is 5.48. The molecule has 1 N–H and O–H groups in total. The van der Waals surface area contributed by atoms with Gasteiger partial charge in [0.05, 0.1) is 0 Å². The maximum atomic E-state index is 12.7. The minimum atomic E-state index is -4.59. The number of thioether (sulfide) groups is 1. The van der Waals surface area contributed by atoms with Crippen LogP contribution >= 0.6 is 11.8 Å². The second kappa shape index (κ2) is 5.93. The second-order valence-corrected chi connectivity index (χ2v) is 5.44. The van der Waals surface area contributed by atoms with Gasteiger partial charge in [-0.2, -0.15) is 20.5 Å². The van der Waals surface area contributed by atoms with Crippen LogP contribution < -0.4 is 5.32 Å². The van der Waals surface area contributed by atoms with E-state index < -0.39 is 24.3 Å². The standard InChI is InChI=1S/C10H15F4NOS/c1-2-17-7-5-3-4-6(7)15-9(16)10(13,14)8(11)12/h6-8H,2-5H2,1H3,(H,15,16). The molecule has 2 unspecified atom stereocenters. The summed E-state index contributed by atoms with van der Waals surface area (Å²) in [5, 5.41) is 2.10. The van der Waals surface area contributed by atoms with Gasteiger partial charge in [0.15, 0.2) is 0 Å². The molecule has 7 heteroatoms. The summed E-state index contributed by atoms with van der Waals surface area (Å²) in [5.41, 5.74) is 0. The van der Waals surface area contributed by atoms with E-state index in [2.05, 4.69) is 0 Å². The molecule has 0 aromatic heterocycles. The third kappa shape index (κ3) is 3.50. The Morgan fingerprint density at radius 2 is 2.12 bits per heavy atom. The summed E-state index contributed by atoms with van der Waals surface area (Å²) in [4.78, 5) is 11.1. The number of carbonyl (C=O) groups is 1. The zero-order valence-corrected chi connectivity index (χ0v) is 10.2. The Bertz CT molecular complexity index is 275. The molecule has 1 aliphatic carbocycles. The molecule has 100 valence electrons.